The molecule has 0 aromatic heterocycles. The lowest BCUT2D eigenvalue weighted by Gasteiger charge is -2.34. The molecule has 3 atom stereocenters. The fourth-order valence-corrected chi connectivity index (χ4v) is 4.33. The van der Waals surface area contributed by atoms with E-state index in [0.717, 1.165) is 26.2 Å². The van der Waals surface area contributed by atoms with E-state index in [9.17, 15) is 0 Å². The van der Waals surface area contributed by atoms with E-state index >= 15 is 0 Å². The average molecular weight is 374 g/mol. The molecule has 3 aliphatic rings. The number of benzene rings is 1. The van der Waals surface area contributed by atoms with E-state index in [-0.39, 0.29) is 12.4 Å². The summed E-state index contributed by atoms with van der Waals surface area (Å²) < 4.78 is 0. The second-order valence-electron chi connectivity index (χ2n) is 8.26. The topological polar surface area (TPSA) is 51.8 Å². The van der Waals surface area contributed by atoms with Gasteiger partial charge in [-0.05, 0) is 36.9 Å². The fraction of sp³-hybridized carbons (Fsp3) is 0.714. The van der Waals surface area contributed by atoms with Gasteiger partial charge in [0, 0.05) is 39.1 Å². The van der Waals surface area contributed by atoms with E-state index in [0.29, 0.717) is 12.1 Å². The highest BCUT2D eigenvalue weighted by atomic mass is 16.7. The maximum Gasteiger partial charge on any atom is 0.134 e. The van der Waals surface area contributed by atoms with Crippen LogP contribution in [-0.2, 0) is 11.4 Å². The van der Waals surface area contributed by atoms with Crippen LogP contribution in [0.25, 0.3) is 0 Å². The van der Waals surface area contributed by atoms with Gasteiger partial charge in [-0.1, -0.05) is 37.6 Å². The first-order chi connectivity index (χ1) is 13.2. The highest BCUT2D eigenvalue weighted by molar-refractivity contribution is 5.25. The summed E-state index contributed by atoms with van der Waals surface area (Å²) in [6, 6.07) is 8.94. The van der Waals surface area contributed by atoms with Crippen LogP contribution < -0.4 is 16.0 Å². The van der Waals surface area contributed by atoms with E-state index in [1.165, 1.54) is 43.4 Å². The van der Waals surface area contributed by atoms with Crippen LogP contribution >= 0.6 is 0 Å². The van der Waals surface area contributed by atoms with Crippen LogP contribution in [0.5, 0.6) is 0 Å². The molecule has 0 radical (unpaired) electrons. The van der Waals surface area contributed by atoms with Gasteiger partial charge in [0.1, 0.15) is 12.4 Å². The van der Waals surface area contributed by atoms with Crippen molar-refractivity contribution in [2.75, 3.05) is 33.2 Å². The summed E-state index contributed by atoms with van der Waals surface area (Å²) in [5.41, 5.74) is 2.60. The molecule has 6 heteroatoms. The van der Waals surface area contributed by atoms with Crippen molar-refractivity contribution in [2.45, 2.75) is 57.7 Å². The van der Waals surface area contributed by atoms with Gasteiger partial charge < -0.3 is 0 Å². The van der Waals surface area contributed by atoms with Crippen molar-refractivity contribution in [1.29, 1.82) is 0 Å². The molecule has 0 spiro atoms. The van der Waals surface area contributed by atoms with Crippen LogP contribution in [0.3, 0.4) is 0 Å². The summed E-state index contributed by atoms with van der Waals surface area (Å²) in [5.74, 6) is 0.677. The first-order valence-electron chi connectivity index (χ1n) is 10.7. The molecule has 2 heterocycles. The Morgan fingerprint density at radius 3 is 2.74 bits per heavy atom. The normalized spacial score (nSPS) is 30.5. The van der Waals surface area contributed by atoms with Crippen LogP contribution in [0.15, 0.2) is 24.3 Å². The van der Waals surface area contributed by atoms with Crippen LogP contribution in [-0.4, -0.2) is 55.6 Å². The minimum Gasteiger partial charge on any atom is -0.300 e. The first-order valence-corrected chi connectivity index (χ1v) is 10.7. The zero-order chi connectivity index (χ0) is 18.6. The first kappa shape index (κ1) is 19.3. The largest absolute Gasteiger partial charge is 0.300 e. The molecule has 0 amide bonds. The average Bonchev–Trinajstić information content (AvgIpc) is 3.00. The Kier molecular flexibility index (Phi) is 6.42. The van der Waals surface area contributed by atoms with Crippen molar-refractivity contribution in [1.82, 2.24) is 25.9 Å². The summed E-state index contributed by atoms with van der Waals surface area (Å²) >= 11 is 0. The maximum absolute atomic E-state index is 6.02. The maximum atomic E-state index is 6.02. The quantitative estimate of drug-likeness (QED) is 0.680. The van der Waals surface area contributed by atoms with Gasteiger partial charge in [0.15, 0.2) is 0 Å². The molecule has 1 aromatic carbocycles. The molecule has 0 bridgehead atoms. The van der Waals surface area contributed by atoms with Crippen LogP contribution in [0.1, 0.15) is 49.9 Å². The second-order valence-corrected chi connectivity index (χ2v) is 8.26. The Labute approximate surface area is 163 Å². The van der Waals surface area contributed by atoms with Gasteiger partial charge in [-0.2, -0.15) is 5.06 Å². The van der Waals surface area contributed by atoms with Gasteiger partial charge in [0.2, 0.25) is 0 Å². The van der Waals surface area contributed by atoms with Crippen molar-refractivity contribution >= 4 is 0 Å². The summed E-state index contributed by atoms with van der Waals surface area (Å²) in [4.78, 5) is 8.56. The molecule has 1 aromatic rings. The summed E-state index contributed by atoms with van der Waals surface area (Å²) in [5, 5.41) is 12.9. The van der Waals surface area contributed by atoms with Gasteiger partial charge in [-0.3, -0.25) is 25.7 Å². The SMILES string of the molecule is CCCN1CCNC(NCc2ccc(C3NC(C4CCC4)ON3C)cc2)C1. The van der Waals surface area contributed by atoms with E-state index < -0.39 is 0 Å². The molecular weight excluding hydrogens is 338 g/mol. The second kappa shape index (κ2) is 8.99. The molecule has 1 aliphatic carbocycles. The van der Waals surface area contributed by atoms with Gasteiger partial charge in [-0.15, -0.1) is 0 Å². The van der Waals surface area contributed by atoms with Gasteiger partial charge >= 0.3 is 0 Å². The minimum atomic E-state index is 0.153. The lowest BCUT2D eigenvalue weighted by atomic mass is 9.84. The van der Waals surface area contributed by atoms with E-state index in [1.54, 1.807) is 0 Å². The third kappa shape index (κ3) is 4.70. The van der Waals surface area contributed by atoms with E-state index in [1.807, 2.05) is 12.1 Å². The molecule has 2 aliphatic heterocycles. The smallest absolute Gasteiger partial charge is 0.134 e. The molecule has 27 heavy (non-hydrogen) atoms. The lowest BCUT2D eigenvalue weighted by molar-refractivity contribution is -0.165. The fourth-order valence-electron chi connectivity index (χ4n) is 4.33. The van der Waals surface area contributed by atoms with Crippen molar-refractivity contribution in [3.05, 3.63) is 35.4 Å². The Morgan fingerprint density at radius 1 is 1.22 bits per heavy atom. The Balaban J connectivity index is 1.27. The Morgan fingerprint density at radius 2 is 2.04 bits per heavy atom. The van der Waals surface area contributed by atoms with Gasteiger partial charge in [0.05, 0.1) is 6.17 Å². The van der Waals surface area contributed by atoms with Crippen LogP contribution in [0, 0.1) is 5.92 Å². The number of piperazine rings is 1. The molecule has 4 rings (SSSR count). The molecule has 3 fully saturated rings. The van der Waals surface area contributed by atoms with Crippen LogP contribution in [0.2, 0.25) is 0 Å². The number of hydrogen-bond acceptors (Lipinski definition) is 6. The van der Waals surface area contributed by atoms with Crippen molar-refractivity contribution in [3.8, 4) is 0 Å². The van der Waals surface area contributed by atoms with Crippen molar-refractivity contribution in [2.24, 2.45) is 5.92 Å². The highest BCUT2D eigenvalue weighted by Gasteiger charge is 2.38. The Bertz CT molecular complexity index is 589. The van der Waals surface area contributed by atoms with E-state index in [4.69, 9.17) is 4.84 Å². The molecular formula is C21H35N5O. The minimum absolute atomic E-state index is 0.153. The summed E-state index contributed by atoms with van der Waals surface area (Å²) in [6.45, 7) is 7.66. The molecule has 3 unspecified atom stereocenters. The predicted molar refractivity (Wildman–Crippen MR) is 108 cm³/mol. The molecule has 6 nitrogen and oxygen atoms in total. The third-order valence-electron chi connectivity index (χ3n) is 6.19. The number of hydrogen-bond donors (Lipinski definition) is 3. The number of rotatable bonds is 7. The lowest BCUT2D eigenvalue weighted by Crippen LogP contribution is -2.56. The number of nitrogens with zero attached hydrogens (tertiary/aromatic N) is 2. The summed E-state index contributed by atoms with van der Waals surface area (Å²) in [6.07, 6.45) is 5.85. The number of hydroxylamine groups is 2. The summed E-state index contributed by atoms with van der Waals surface area (Å²) in [7, 11) is 2.03. The van der Waals surface area contributed by atoms with Crippen molar-refractivity contribution in [3.63, 3.8) is 0 Å². The highest BCUT2D eigenvalue weighted by Crippen LogP contribution is 2.35. The van der Waals surface area contributed by atoms with Crippen LogP contribution in [0.4, 0.5) is 0 Å². The molecule has 1 saturated carbocycles. The van der Waals surface area contributed by atoms with Gasteiger partial charge in [0.25, 0.3) is 0 Å². The molecule has 2 saturated heterocycles. The van der Waals surface area contributed by atoms with Gasteiger partial charge in [-0.25, -0.2) is 0 Å². The zero-order valence-corrected chi connectivity index (χ0v) is 16.8. The molecule has 3 N–H and O–H groups in total. The number of nitrogens with one attached hydrogen (secondary N) is 3. The standard InChI is InChI=1S/C21H35N5O/c1-3-12-26-13-11-22-19(15-26)23-14-16-7-9-17(10-8-16)20-24-21(27-25(20)2)18-5-4-6-18/h7-10,18-24H,3-6,11-15H2,1-2H3. The third-order valence-corrected chi connectivity index (χ3v) is 6.19. The van der Waals surface area contributed by atoms with Crippen molar-refractivity contribution < 1.29 is 4.84 Å². The Hall–Kier alpha value is -1.02. The zero-order valence-electron chi connectivity index (χ0n) is 16.8. The van der Waals surface area contributed by atoms with E-state index in [2.05, 4.69) is 52.0 Å². The monoisotopic (exact) mass is 373 g/mol. The predicted octanol–water partition coefficient (Wildman–Crippen LogP) is 2.01. The molecule has 150 valence electrons.